The highest BCUT2D eigenvalue weighted by Crippen LogP contribution is 2.07. The predicted octanol–water partition coefficient (Wildman–Crippen LogP) is 0.266. The van der Waals surface area contributed by atoms with Crippen LogP contribution in [0.25, 0.3) is 0 Å². The lowest BCUT2D eigenvalue weighted by Gasteiger charge is -2.22. The molecule has 84 valence electrons. The van der Waals surface area contributed by atoms with Crippen molar-refractivity contribution < 1.29 is 9.59 Å². The van der Waals surface area contributed by atoms with Gasteiger partial charge in [0.15, 0.2) is 11.8 Å². The maximum atomic E-state index is 12.0. The number of piperazine rings is 1. The Bertz CT molecular complexity index is 412. The minimum Gasteiger partial charge on any atom is -0.353 e. The Morgan fingerprint density at radius 2 is 1.94 bits per heavy atom. The number of carbonyl (C=O) groups excluding carboxylic acids is 2. The van der Waals surface area contributed by atoms with Gasteiger partial charge >= 0.3 is 0 Å². The largest absolute Gasteiger partial charge is 0.353 e. The fourth-order valence-corrected chi connectivity index (χ4v) is 1.69. The van der Waals surface area contributed by atoms with Gasteiger partial charge in [-0.25, -0.2) is 0 Å². The molecule has 0 unspecified atom stereocenters. The number of aryl methyl sites for hydroxylation is 1. The SMILES string of the molecule is Cc1ccc(C(=O)[C@@H]2NCCNC2=O)cc1. The van der Waals surface area contributed by atoms with Gasteiger partial charge in [0.2, 0.25) is 5.91 Å². The van der Waals surface area contributed by atoms with Gasteiger partial charge in [-0.2, -0.15) is 0 Å². The van der Waals surface area contributed by atoms with E-state index in [0.29, 0.717) is 18.7 Å². The van der Waals surface area contributed by atoms with Crippen molar-refractivity contribution in [3.63, 3.8) is 0 Å². The van der Waals surface area contributed by atoms with Crippen LogP contribution in [0.5, 0.6) is 0 Å². The highest BCUT2D eigenvalue weighted by molar-refractivity contribution is 6.13. The van der Waals surface area contributed by atoms with E-state index in [1.165, 1.54) is 0 Å². The maximum absolute atomic E-state index is 12.0. The van der Waals surface area contributed by atoms with Crippen molar-refractivity contribution in [3.05, 3.63) is 35.4 Å². The molecule has 1 heterocycles. The van der Waals surface area contributed by atoms with Gasteiger partial charge in [0.25, 0.3) is 0 Å². The number of hydrogen-bond donors (Lipinski definition) is 2. The fourth-order valence-electron chi connectivity index (χ4n) is 1.69. The predicted molar refractivity (Wildman–Crippen MR) is 60.3 cm³/mol. The molecule has 4 nitrogen and oxygen atoms in total. The lowest BCUT2D eigenvalue weighted by atomic mass is 10.0. The lowest BCUT2D eigenvalue weighted by molar-refractivity contribution is -0.123. The molecule has 0 bridgehead atoms. The molecule has 2 N–H and O–H groups in total. The summed E-state index contributed by atoms with van der Waals surface area (Å²) in [5.41, 5.74) is 1.66. The Hall–Kier alpha value is -1.68. The summed E-state index contributed by atoms with van der Waals surface area (Å²) in [7, 11) is 0. The molecule has 1 aliphatic heterocycles. The van der Waals surface area contributed by atoms with Crippen LogP contribution in [0.4, 0.5) is 0 Å². The van der Waals surface area contributed by atoms with Crippen molar-refractivity contribution in [1.29, 1.82) is 0 Å². The molecule has 0 aliphatic carbocycles. The second-order valence-corrected chi connectivity index (χ2v) is 3.91. The first kappa shape index (κ1) is 10.8. The number of hydrogen-bond acceptors (Lipinski definition) is 3. The van der Waals surface area contributed by atoms with E-state index >= 15 is 0 Å². The van der Waals surface area contributed by atoms with Gasteiger partial charge in [-0.05, 0) is 6.92 Å². The molecule has 1 fully saturated rings. The molecule has 1 saturated heterocycles. The molecule has 1 aliphatic rings. The highest BCUT2D eigenvalue weighted by Gasteiger charge is 2.29. The summed E-state index contributed by atoms with van der Waals surface area (Å²) in [5.74, 6) is -0.408. The van der Waals surface area contributed by atoms with E-state index in [-0.39, 0.29) is 11.7 Å². The van der Waals surface area contributed by atoms with Gasteiger partial charge in [-0.1, -0.05) is 29.8 Å². The average molecular weight is 218 g/mol. The average Bonchev–Trinajstić information content (AvgIpc) is 2.30. The summed E-state index contributed by atoms with van der Waals surface area (Å²) in [6.45, 7) is 3.17. The van der Waals surface area contributed by atoms with Gasteiger partial charge in [0, 0.05) is 18.7 Å². The van der Waals surface area contributed by atoms with Crippen molar-refractivity contribution in [2.45, 2.75) is 13.0 Å². The van der Waals surface area contributed by atoms with Gasteiger partial charge < -0.3 is 5.32 Å². The second kappa shape index (κ2) is 4.45. The molecule has 0 aromatic heterocycles. The van der Waals surface area contributed by atoms with E-state index in [9.17, 15) is 9.59 Å². The number of carbonyl (C=O) groups is 2. The molecule has 0 radical (unpaired) electrons. The zero-order valence-electron chi connectivity index (χ0n) is 9.12. The number of amides is 1. The third-order valence-corrected chi connectivity index (χ3v) is 2.63. The van der Waals surface area contributed by atoms with E-state index in [1.807, 2.05) is 19.1 Å². The molecular weight excluding hydrogens is 204 g/mol. The zero-order chi connectivity index (χ0) is 11.5. The number of nitrogens with one attached hydrogen (secondary N) is 2. The van der Waals surface area contributed by atoms with Crippen LogP contribution in [-0.2, 0) is 4.79 Å². The van der Waals surface area contributed by atoms with E-state index < -0.39 is 6.04 Å². The third kappa shape index (κ3) is 2.12. The Balaban J connectivity index is 2.17. The van der Waals surface area contributed by atoms with Crippen molar-refractivity contribution >= 4 is 11.7 Å². The first-order valence-corrected chi connectivity index (χ1v) is 5.30. The van der Waals surface area contributed by atoms with Gasteiger partial charge in [0.05, 0.1) is 0 Å². The molecule has 1 amide bonds. The summed E-state index contributed by atoms with van der Waals surface area (Å²) < 4.78 is 0. The van der Waals surface area contributed by atoms with E-state index in [0.717, 1.165) is 5.56 Å². The normalized spacial score (nSPS) is 20.3. The Labute approximate surface area is 94.0 Å². The standard InChI is InChI=1S/C12H14N2O2/c1-8-2-4-9(5-3-8)11(15)10-12(16)14-7-6-13-10/h2-5,10,13H,6-7H2,1H3,(H,14,16)/t10-/m0/s1. The van der Waals surface area contributed by atoms with Crippen molar-refractivity contribution in [2.24, 2.45) is 0 Å². The topological polar surface area (TPSA) is 58.2 Å². The van der Waals surface area contributed by atoms with Crippen LogP contribution >= 0.6 is 0 Å². The maximum Gasteiger partial charge on any atom is 0.245 e. The molecule has 4 heteroatoms. The number of benzene rings is 1. The van der Waals surface area contributed by atoms with Gasteiger partial charge in [-0.3, -0.25) is 14.9 Å². The van der Waals surface area contributed by atoms with Crippen LogP contribution in [0.15, 0.2) is 24.3 Å². The van der Waals surface area contributed by atoms with E-state index in [4.69, 9.17) is 0 Å². The molecule has 0 spiro atoms. The summed E-state index contributed by atoms with van der Waals surface area (Å²) in [6, 6.07) is 6.50. The summed E-state index contributed by atoms with van der Waals surface area (Å²) in [5, 5.41) is 5.59. The van der Waals surface area contributed by atoms with Crippen molar-refractivity contribution in [3.8, 4) is 0 Å². The van der Waals surface area contributed by atoms with Crippen LogP contribution in [-0.4, -0.2) is 30.8 Å². The monoisotopic (exact) mass is 218 g/mol. The van der Waals surface area contributed by atoms with Crippen molar-refractivity contribution in [1.82, 2.24) is 10.6 Å². The summed E-state index contributed by atoms with van der Waals surface area (Å²) >= 11 is 0. The van der Waals surface area contributed by atoms with E-state index in [2.05, 4.69) is 10.6 Å². The first-order valence-electron chi connectivity index (χ1n) is 5.30. The van der Waals surface area contributed by atoms with Crippen LogP contribution in [0.3, 0.4) is 0 Å². The van der Waals surface area contributed by atoms with Gasteiger partial charge in [-0.15, -0.1) is 0 Å². The number of rotatable bonds is 2. The molecule has 1 aromatic rings. The number of Topliss-reactive ketones (excluding diaryl/α,β-unsaturated/α-hetero) is 1. The minimum absolute atomic E-state index is 0.169. The second-order valence-electron chi connectivity index (χ2n) is 3.91. The lowest BCUT2D eigenvalue weighted by Crippen LogP contribution is -2.56. The Kier molecular flexibility index (Phi) is 3.01. The Morgan fingerprint density at radius 3 is 2.56 bits per heavy atom. The molecule has 0 saturated carbocycles. The zero-order valence-corrected chi connectivity index (χ0v) is 9.12. The molecule has 1 atom stereocenters. The summed E-state index contributed by atoms with van der Waals surface area (Å²) in [6.07, 6.45) is 0. The first-order chi connectivity index (χ1) is 7.68. The minimum atomic E-state index is -0.739. The quantitative estimate of drug-likeness (QED) is 0.553. The van der Waals surface area contributed by atoms with E-state index in [1.54, 1.807) is 12.1 Å². The van der Waals surface area contributed by atoms with Crippen molar-refractivity contribution in [2.75, 3.05) is 13.1 Å². The number of ketones is 1. The molecule has 16 heavy (non-hydrogen) atoms. The van der Waals surface area contributed by atoms with Crippen LogP contribution < -0.4 is 10.6 Å². The highest BCUT2D eigenvalue weighted by atomic mass is 16.2. The van der Waals surface area contributed by atoms with Crippen LogP contribution in [0, 0.1) is 6.92 Å². The molecule has 1 aromatic carbocycles. The summed E-state index contributed by atoms with van der Waals surface area (Å²) in [4.78, 5) is 23.5. The van der Waals surface area contributed by atoms with Crippen LogP contribution in [0.2, 0.25) is 0 Å². The third-order valence-electron chi connectivity index (χ3n) is 2.63. The van der Waals surface area contributed by atoms with Crippen LogP contribution in [0.1, 0.15) is 15.9 Å². The smallest absolute Gasteiger partial charge is 0.245 e. The molecular formula is C12H14N2O2. The van der Waals surface area contributed by atoms with Gasteiger partial charge in [0.1, 0.15) is 0 Å². The Morgan fingerprint density at radius 1 is 1.25 bits per heavy atom. The molecule has 2 rings (SSSR count). The fraction of sp³-hybridized carbons (Fsp3) is 0.333.